The van der Waals surface area contributed by atoms with Gasteiger partial charge in [-0.1, -0.05) is 6.42 Å². The molecule has 0 atom stereocenters. The van der Waals surface area contributed by atoms with Gasteiger partial charge in [-0.25, -0.2) is 22.3 Å². The second kappa shape index (κ2) is 5.69. The summed E-state index contributed by atoms with van der Waals surface area (Å²) in [5, 5.41) is 4.89. The first kappa shape index (κ1) is 15.8. The molecule has 1 saturated carbocycles. The Kier molecular flexibility index (Phi) is 4.29. The number of primary sulfonamides is 1. The van der Waals surface area contributed by atoms with E-state index in [-0.39, 0.29) is 0 Å². The molecule has 1 aromatic rings. The van der Waals surface area contributed by atoms with Gasteiger partial charge in [0.2, 0.25) is 10.0 Å². The van der Waals surface area contributed by atoms with Crippen LogP contribution < -0.4 is 5.14 Å². The van der Waals surface area contributed by atoms with E-state index < -0.39 is 38.0 Å². The summed E-state index contributed by atoms with van der Waals surface area (Å²) in [6.45, 7) is 0.430. The second-order valence-corrected chi connectivity index (χ2v) is 6.86. The van der Waals surface area contributed by atoms with Gasteiger partial charge in [0.1, 0.15) is 0 Å². The van der Waals surface area contributed by atoms with Gasteiger partial charge < -0.3 is 4.90 Å². The van der Waals surface area contributed by atoms with Crippen molar-refractivity contribution in [1.82, 2.24) is 4.90 Å². The largest absolute Gasteiger partial charge is 0.341 e. The molecule has 0 spiro atoms. The van der Waals surface area contributed by atoms with Crippen LogP contribution in [0.5, 0.6) is 0 Å². The molecule has 5 nitrogen and oxygen atoms in total. The number of nitrogens with two attached hydrogens (primary N) is 1. The fraction of sp³-hybridized carbons (Fsp3) is 0.462. The van der Waals surface area contributed by atoms with E-state index in [1.165, 1.54) is 11.9 Å². The molecule has 8 heteroatoms. The Balaban J connectivity index is 2.33. The summed E-state index contributed by atoms with van der Waals surface area (Å²) in [5.41, 5.74) is -0.624. The summed E-state index contributed by atoms with van der Waals surface area (Å²) in [6, 6.07) is 1.24. The molecule has 2 rings (SSSR count). The number of amides is 1. The van der Waals surface area contributed by atoms with Crippen LogP contribution in [0.15, 0.2) is 17.0 Å². The van der Waals surface area contributed by atoms with E-state index in [0.29, 0.717) is 18.5 Å². The van der Waals surface area contributed by atoms with Gasteiger partial charge in [0.15, 0.2) is 11.6 Å². The molecule has 0 aliphatic heterocycles. The second-order valence-electron chi connectivity index (χ2n) is 5.29. The Morgan fingerprint density at radius 3 is 2.48 bits per heavy atom. The molecular formula is C13H16F2N2O3S. The van der Waals surface area contributed by atoms with Crippen LogP contribution in [-0.4, -0.2) is 32.8 Å². The molecule has 21 heavy (non-hydrogen) atoms. The molecule has 1 aromatic carbocycles. The highest BCUT2D eigenvalue weighted by Gasteiger charge is 2.26. The molecule has 116 valence electrons. The van der Waals surface area contributed by atoms with E-state index in [0.717, 1.165) is 25.3 Å². The lowest BCUT2D eigenvalue weighted by molar-refractivity contribution is 0.0739. The third kappa shape index (κ3) is 3.38. The zero-order chi connectivity index (χ0) is 15.8. The van der Waals surface area contributed by atoms with E-state index in [2.05, 4.69) is 0 Å². The first-order valence-corrected chi connectivity index (χ1v) is 8.02. The quantitative estimate of drug-likeness (QED) is 0.913. The smallest absolute Gasteiger partial charge is 0.256 e. The van der Waals surface area contributed by atoms with Crippen molar-refractivity contribution < 1.29 is 22.0 Å². The fourth-order valence-corrected chi connectivity index (χ4v) is 2.79. The molecule has 1 aliphatic carbocycles. The number of rotatable bonds is 4. The zero-order valence-corrected chi connectivity index (χ0v) is 12.3. The van der Waals surface area contributed by atoms with Crippen molar-refractivity contribution in [3.05, 3.63) is 29.3 Å². The Hall–Kier alpha value is -1.54. The van der Waals surface area contributed by atoms with Crippen molar-refractivity contribution in [2.75, 3.05) is 13.6 Å². The average Bonchev–Trinajstić information content (AvgIpc) is 2.34. The maximum absolute atomic E-state index is 13.8. The topological polar surface area (TPSA) is 80.5 Å². The molecule has 0 unspecified atom stereocenters. The molecule has 0 radical (unpaired) electrons. The molecular weight excluding hydrogens is 302 g/mol. The normalized spacial score (nSPS) is 15.6. The van der Waals surface area contributed by atoms with Crippen molar-refractivity contribution in [1.29, 1.82) is 0 Å². The Morgan fingerprint density at radius 2 is 2.00 bits per heavy atom. The predicted molar refractivity (Wildman–Crippen MR) is 72.0 cm³/mol. The SMILES string of the molecule is CN(CC1CCC1)C(=O)c1cc(S(N)(=O)=O)cc(F)c1F. The number of hydrogen-bond donors (Lipinski definition) is 1. The van der Waals surface area contributed by atoms with E-state index in [9.17, 15) is 22.0 Å². The number of carbonyl (C=O) groups excluding carboxylic acids is 1. The number of halogens is 2. The summed E-state index contributed by atoms with van der Waals surface area (Å²) < 4.78 is 49.7. The van der Waals surface area contributed by atoms with Gasteiger partial charge in [-0.05, 0) is 30.9 Å². The number of carbonyl (C=O) groups is 1. The summed E-state index contributed by atoms with van der Waals surface area (Å²) in [7, 11) is -2.74. The number of hydrogen-bond acceptors (Lipinski definition) is 3. The molecule has 0 aromatic heterocycles. The number of benzene rings is 1. The lowest BCUT2D eigenvalue weighted by atomic mass is 9.85. The van der Waals surface area contributed by atoms with Crippen LogP contribution in [0.4, 0.5) is 8.78 Å². The molecule has 2 N–H and O–H groups in total. The molecule has 0 heterocycles. The molecule has 1 fully saturated rings. The highest BCUT2D eigenvalue weighted by molar-refractivity contribution is 7.89. The monoisotopic (exact) mass is 318 g/mol. The maximum Gasteiger partial charge on any atom is 0.256 e. The Morgan fingerprint density at radius 1 is 1.38 bits per heavy atom. The summed E-state index contributed by atoms with van der Waals surface area (Å²) >= 11 is 0. The van der Waals surface area contributed by atoms with E-state index in [1.807, 2.05) is 0 Å². The third-order valence-corrected chi connectivity index (χ3v) is 4.56. The van der Waals surface area contributed by atoms with E-state index in [1.54, 1.807) is 0 Å². The zero-order valence-electron chi connectivity index (χ0n) is 11.5. The van der Waals surface area contributed by atoms with Crippen molar-refractivity contribution in [3.63, 3.8) is 0 Å². The van der Waals surface area contributed by atoms with Gasteiger partial charge in [-0.15, -0.1) is 0 Å². The first-order valence-electron chi connectivity index (χ1n) is 6.47. The Labute approximate surface area is 121 Å². The molecule has 1 amide bonds. The summed E-state index contributed by atoms with van der Waals surface area (Å²) in [5.74, 6) is -3.19. The fourth-order valence-electron chi connectivity index (χ4n) is 2.24. The van der Waals surface area contributed by atoms with Gasteiger partial charge in [-0.3, -0.25) is 4.79 Å². The summed E-state index contributed by atoms with van der Waals surface area (Å²) in [6.07, 6.45) is 3.08. The number of nitrogens with zero attached hydrogens (tertiary/aromatic N) is 1. The molecule has 0 bridgehead atoms. The lowest BCUT2D eigenvalue weighted by Crippen LogP contribution is -2.35. The van der Waals surface area contributed by atoms with Crippen LogP contribution in [0, 0.1) is 17.6 Å². The minimum Gasteiger partial charge on any atom is -0.341 e. The third-order valence-electron chi connectivity index (χ3n) is 3.66. The highest BCUT2D eigenvalue weighted by atomic mass is 32.2. The van der Waals surface area contributed by atoms with Gasteiger partial charge in [0.05, 0.1) is 10.5 Å². The van der Waals surface area contributed by atoms with Crippen LogP contribution in [0.25, 0.3) is 0 Å². The Bertz CT molecular complexity index is 672. The van der Waals surface area contributed by atoms with Crippen molar-refractivity contribution in [2.24, 2.45) is 11.1 Å². The minimum absolute atomic E-state index is 0.355. The van der Waals surface area contributed by atoms with Crippen molar-refractivity contribution in [3.8, 4) is 0 Å². The van der Waals surface area contributed by atoms with Gasteiger partial charge in [-0.2, -0.15) is 0 Å². The minimum atomic E-state index is -4.22. The lowest BCUT2D eigenvalue weighted by Gasteiger charge is -2.30. The van der Waals surface area contributed by atoms with Crippen LogP contribution in [0.2, 0.25) is 0 Å². The van der Waals surface area contributed by atoms with Crippen LogP contribution >= 0.6 is 0 Å². The van der Waals surface area contributed by atoms with Gasteiger partial charge >= 0.3 is 0 Å². The van der Waals surface area contributed by atoms with Gasteiger partial charge in [0, 0.05) is 13.6 Å². The molecule has 0 saturated heterocycles. The average molecular weight is 318 g/mol. The van der Waals surface area contributed by atoms with Crippen molar-refractivity contribution >= 4 is 15.9 Å². The highest BCUT2D eigenvalue weighted by Crippen LogP contribution is 2.27. The summed E-state index contributed by atoms with van der Waals surface area (Å²) in [4.78, 5) is 12.8. The maximum atomic E-state index is 13.8. The van der Waals surface area contributed by atoms with E-state index in [4.69, 9.17) is 5.14 Å². The number of sulfonamides is 1. The molecule has 1 aliphatic rings. The van der Waals surface area contributed by atoms with Crippen LogP contribution in [0.3, 0.4) is 0 Å². The first-order chi connectivity index (χ1) is 9.70. The van der Waals surface area contributed by atoms with Crippen LogP contribution in [-0.2, 0) is 10.0 Å². The standard InChI is InChI=1S/C13H16F2N2O3S/c1-17(7-8-3-2-4-8)13(18)10-5-9(21(16,19)20)6-11(14)12(10)15/h5-6,8H,2-4,7H2,1H3,(H2,16,19,20). The van der Waals surface area contributed by atoms with E-state index >= 15 is 0 Å². The van der Waals surface area contributed by atoms with Gasteiger partial charge in [0.25, 0.3) is 5.91 Å². The van der Waals surface area contributed by atoms with Crippen molar-refractivity contribution in [2.45, 2.75) is 24.2 Å². The predicted octanol–water partition coefficient (Wildman–Crippen LogP) is 1.48. The van der Waals surface area contributed by atoms with Crippen LogP contribution in [0.1, 0.15) is 29.6 Å².